The number of hydrogen-bond donors (Lipinski definition) is 0. The molecule has 0 amide bonds. The first-order valence-electron chi connectivity index (χ1n) is 12.7. The summed E-state index contributed by atoms with van der Waals surface area (Å²) in [6, 6.07) is 0. The van der Waals surface area contributed by atoms with Crippen molar-refractivity contribution in [2.24, 2.45) is 0 Å². The minimum Gasteiger partial charge on any atom is -0.716 e. The van der Waals surface area contributed by atoms with Crippen LogP contribution in [0.15, 0.2) is 24.7 Å². The molecule has 0 bridgehead atoms. The predicted molar refractivity (Wildman–Crippen MR) is 140 cm³/mol. The second-order valence-electron chi connectivity index (χ2n) is 8.28. The molecule has 0 aliphatic carbocycles. The standard InChI is InChI=1S/2C12H24O4S.Ca/c2*1-2-3-4-5-6-7-8-9-10-11-12-16-17(13,14)15;/h2*11-12H,2-10H2,1H3,(H,13,14,15);/q;;+2/p-2/b2*12-11+;. The molecule has 0 spiro atoms. The smallest absolute Gasteiger partial charge is 0.716 e. The van der Waals surface area contributed by atoms with Crippen molar-refractivity contribution >= 4 is 58.5 Å². The van der Waals surface area contributed by atoms with Crippen LogP contribution in [0.2, 0.25) is 0 Å². The van der Waals surface area contributed by atoms with Crippen molar-refractivity contribution in [1.29, 1.82) is 0 Å². The minimum absolute atomic E-state index is 0. The van der Waals surface area contributed by atoms with Crippen LogP contribution in [0.25, 0.3) is 0 Å². The molecular weight excluding hydrogens is 520 g/mol. The SMILES string of the molecule is CCCCCCCCCC/C=C/OS(=O)(=O)[O-].CCCCCCCCCC/C=C/OS(=O)(=O)[O-].[Ca+2]. The second-order valence-corrected chi connectivity index (χ2v) is 10.3. The van der Waals surface area contributed by atoms with E-state index in [1.807, 2.05) is 0 Å². The Hall–Kier alpha value is 0.160. The molecule has 0 atom stereocenters. The van der Waals surface area contributed by atoms with E-state index in [0.717, 1.165) is 51.0 Å². The molecule has 0 aliphatic heterocycles. The molecule has 11 heteroatoms. The Morgan fingerprint density at radius 1 is 0.514 bits per heavy atom. The maximum Gasteiger partial charge on any atom is 2.00 e. The molecule has 0 unspecified atom stereocenters. The van der Waals surface area contributed by atoms with E-state index in [1.54, 1.807) is 12.2 Å². The molecule has 0 aromatic carbocycles. The molecule has 0 fully saturated rings. The number of rotatable bonds is 22. The first-order valence-corrected chi connectivity index (χ1v) is 15.4. The molecule has 0 saturated heterocycles. The number of hydrogen-bond acceptors (Lipinski definition) is 8. The zero-order chi connectivity index (χ0) is 26.0. The van der Waals surface area contributed by atoms with Crippen LogP contribution in [0.1, 0.15) is 129 Å². The van der Waals surface area contributed by atoms with Gasteiger partial charge in [-0.15, -0.1) is 0 Å². The van der Waals surface area contributed by atoms with Gasteiger partial charge in [0.25, 0.3) is 20.8 Å². The van der Waals surface area contributed by atoms with Crippen molar-refractivity contribution in [3.63, 3.8) is 0 Å². The Labute approximate surface area is 245 Å². The van der Waals surface area contributed by atoms with Crippen molar-refractivity contribution in [1.82, 2.24) is 0 Å². The average molecular weight is 567 g/mol. The molecule has 0 aromatic heterocycles. The van der Waals surface area contributed by atoms with Gasteiger partial charge < -0.3 is 17.5 Å². The monoisotopic (exact) mass is 566 g/mol. The Morgan fingerprint density at radius 3 is 1.03 bits per heavy atom. The molecular formula is C24H46CaO8S2. The van der Waals surface area contributed by atoms with E-state index in [4.69, 9.17) is 0 Å². The van der Waals surface area contributed by atoms with Crippen molar-refractivity contribution < 1.29 is 34.3 Å². The molecule has 0 N–H and O–H groups in total. The van der Waals surface area contributed by atoms with E-state index in [9.17, 15) is 25.9 Å². The third-order valence-corrected chi connectivity index (χ3v) is 5.68. The van der Waals surface area contributed by atoms with Crippen molar-refractivity contribution in [3.8, 4) is 0 Å². The second kappa shape index (κ2) is 28.7. The maximum atomic E-state index is 10.1. The Balaban J connectivity index is -0.000000569. The first-order chi connectivity index (χ1) is 16.1. The van der Waals surface area contributed by atoms with Gasteiger partial charge in [-0.3, -0.25) is 0 Å². The first kappa shape index (κ1) is 39.7. The van der Waals surface area contributed by atoms with Crippen LogP contribution in [0, 0.1) is 0 Å². The molecule has 0 rings (SSSR count). The largest absolute Gasteiger partial charge is 2.00 e. The van der Waals surface area contributed by atoms with E-state index in [1.165, 1.54) is 77.0 Å². The minimum atomic E-state index is -4.57. The van der Waals surface area contributed by atoms with Gasteiger partial charge in [0.2, 0.25) is 0 Å². The fourth-order valence-electron chi connectivity index (χ4n) is 3.14. The number of allylic oxidation sites excluding steroid dienone is 2. The van der Waals surface area contributed by atoms with E-state index < -0.39 is 20.8 Å². The summed E-state index contributed by atoms with van der Waals surface area (Å²) in [4.78, 5) is 0. The summed E-state index contributed by atoms with van der Waals surface area (Å²) < 4.78 is 68.3. The van der Waals surface area contributed by atoms with Gasteiger partial charge in [0, 0.05) is 0 Å². The molecule has 35 heavy (non-hydrogen) atoms. The zero-order valence-corrected chi connectivity index (χ0v) is 25.7. The molecule has 0 radical (unpaired) electrons. The summed E-state index contributed by atoms with van der Waals surface area (Å²) in [7, 11) is -9.14. The topological polar surface area (TPSA) is 133 Å². The van der Waals surface area contributed by atoms with Crippen molar-refractivity contribution in [3.05, 3.63) is 24.7 Å². The van der Waals surface area contributed by atoms with Crippen LogP contribution in [-0.4, -0.2) is 63.7 Å². The maximum absolute atomic E-state index is 10.1. The normalized spacial score (nSPS) is 11.8. The van der Waals surface area contributed by atoms with Gasteiger partial charge in [0.1, 0.15) is 12.5 Å². The summed E-state index contributed by atoms with van der Waals surface area (Å²) in [5.41, 5.74) is 0. The third kappa shape index (κ3) is 44.6. The van der Waals surface area contributed by atoms with Gasteiger partial charge in [-0.1, -0.05) is 104 Å². The zero-order valence-electron chi connectivity index (χ0n) is 21.8. The van der Waals surface area contributed by atoms with Gasteiger partial charge in [-0.05, 0) is 37.8 Å². The summed E-state index contributed by atoms with van der Waals surface area (Å²) in [5.74, 6) is 0. The molecule has 0 aliphatic rings. The van der Waals surface area contributed by atoms with Crippen molar-refractivity contribution in [2.45, 2.75) is 129 Å². The van der Waals surface area contributed by atoms with Crippen LogP contribution >= 0.6 is 0 Å². The third-order valence-electron chi connectivity index (χ3n) is 4.99. The average Bonchev–Trinajstić information content (AvgIpc) is 2.75. The van der Waals surface area contributed by atoms with Gasteiger partial charge in [0.15, 0.2) is 0 Å². The quantitative estimate of drug-likeness (QED) is 0.0468. The summed E-state index contributed by atoms with van der Waals surface area (Å²) in [6.07, 6.45) is 26.3. The van der Waals surface area contributed by atoms with Gasteiger partial charge in [-0.2, -0.15) is 0 Å². The summed E-state index contributed by atoms with van der Waals surface area (Å²) >= 11 is 0. The van der Waals surface area contributed by atoms with E-state index in [-0.39, 0.29) is 37.7 Å². The fourth-order valence-corrected chi connectivity index (χ4v) is 3.57. The Morgan fingerprint density at radius 2 is 0.771 bits per heavy atom. The van der Waals surface area contributed by atoms with Crippen LogP contribution in [0.5, 0.6) is 0 Å². The fraction of sp³-hybridized carbons (Fsp3) is 0.833. The summed E-state index contributed by atoms with van der Waals surface area (Å²) in [6.45, 7) is 4.41. The molecule has 204 valence electrons. The van der Waals surface area contributed by atoms with Gasteiger partial charge >= 0.3 is 37.7 Å². The predicted octanol–water partition coefficient (Wildman–Crippen LogP) is 6.63. The summed E-state index contributed by atoms with van der Waals surface area (Å²) in [5, 5.41) is 0. The molecule has 0 saturated carbocycles. The van der Waals surface area contributed by atoms with Crippen LogP contribution < -0.4 is 0 Å². The van der Waals surface area contributed by atoms with Crippen molar-refractivity contribution in [2.75, 3.05) is 0 Å². The van der Waals surface area contributed by atoms with E-state index in [0.29, 0.717) is 0 Å². The van der Waals surface area contributed by atoms with E-state index in [2.05, 4.69) is 22.2 Å². The van der Waals surface area contributed by atoms with Gasteiger partial charge in [-0.25, -0.2) is 16.8 Å². The number of unbranched alkanes of at least 4 members (excludes halogenated alkanes) is 16. The molecule has 0 aromatic rings. The van der Waals surface area contributed by atoms with Crippen LogP contribution in [-0.2, 0) is 29.2 Å². The van der Waals surface area contributed by atoms with Crippen LogP contribution in [0.3, 0.4) is 0 Å². The van der Waals surface area contributed by atoms with Gasteiger partial charge in [0.05, 0.1) is 0 Å². The molecule has 0 heterocycles. The Kier molecular flexibility index (Phi) is 32.6. The Bertz CT molecular complexity index is 632. The molecule has 8 nitrogen and oxygen atoms in total. The van der Waals surface area contributed by atoms with E-state index >= 15 is 0 Å². The van der Waals surface area contributed by atoms with Crippen LogP contribution in [0.4, 0.5) is 0 Å².